The molecular formula is C23H16S. The summed E-state index contributed by atoms with van der Waals surface area (Å²) in [6, 6.07) is 24.0. The highest BCUT2D eigenvalue weighted by Gasteiger charge is 1.91. The predicted molar refractivity (Wildman–Crippen MR) is 103 cm³/mol. The SMILES string of the molecule is Cc1ccc(C#Cc2ccc(C#Cc3ccc(S)cc3)cc2)cc1. The van der Waals surface area contributed by atoms with Crippen molar-refractivity contribution in [2.75, 3.05) is 0 Å². The number of aryl methyl sites for hydroxylation is 1. The quantitative estimate of drug-likeness (QED) is 0.432. The maximum Gasteiger partial charge on any atom is 0.0249 e. The standard InChI is InChI=1S/C23H16S/c1-18-2-4-19(5-3-18)6-7-20-8-10-21(11-9-20)12-13-22-14-16-23(24)17-15-22/h2-5,8-11,14-17,24H,1H3. The second-order valence-electron chi connectivity index (χ2n) is 5.49. The first-order chi connectivity index (χ1) is 11.7. The predicted octanol–water partition coefficient (Wildman–Crippen LogP) is 5.08. The molecule has 0 nitrogen and oxygen atoms in total. The Bertz CT molecular complexity index is 857. The van der Waals surface area contributed by atoms with Crippen molar-refractivity contribution in [3.8, 4) is 23.7 Å². The first-order valence-electron chi connectivity index (χ1n) is 7.69. The summed E-state index contributed by atoms with van der Waals surface area (Å²) in [5, 5.41) is 0. The minimum atomic E-state index is 0.942. The van der Waals surface area contributed by atoms with E-state index in [1.807, 2.05) is 60.7 Å². The molecule has 1 heteroatoms. The Labute approximate surface area is 149 Å². The first-order valence-corrected chi connectivity index (χ1v) is 8.13. The summed E-state index contributed by atoms with van der Waals surface area (Å²) < 4.78 is 0. The lowest BCUT2D eigenvalue weighted by molar-refractivity contribution is 1.46. The van der Waals surface area contributed by atoms with Crippen molar-refractivity contribution in [3.05, 3.63) is 101 Å². The molecule has 0 spiro atoms. The van der Waals surface area contributed by atoms with Crippen LogP contribution >= 0.6 is 12.6 Å². The molecule has 0 saturated carbocycles. The molecule has 0 amide bonds. The Morgan fingerprint density at radius 3 is 1.17 bits per heavy atom. The van der Waals surface area contributed by atoms with Gasteiger partial charge in [-0.3, -0.25) is 0 Å². The van der Waals surface area contributed by atoms with Gasteiger partial charge in [0.1, 0.15) is 0 Å². The largest absolute Gasteiger partial charge is 0.143 e. The topological polar surface area (TPSA) is 0 Å². The molecule has 0 aliphatic carbocycles. The molecule has 24 heavy (non-hydrogen) atoms. The molecule has 0 radical (unpaired) electrons. The second-order valence-corrected chi connectivity index (χ2v) is 6.01. The van der Waals surface area contributed by atoms with Crippen molar-refractivity contribution in [2.24, 2.45) is 0 Å². The van der Waals surface area contributed by atoms with E-state index in [0.717, 1.165) is 27.1 Å². The van der Waals surface area contributed by atoms with Crippen LogP contribution < -0.4 is 0 Å². The van der Waals surface area contributed by atoms with Gasteiger partial charge in [0, 0.05) is 27.1 Å². The highest BCUT2D eigenvalue weighted by Crippen LogP contribution is 2.08. The monoisotopic (exact) mass is 324 g/mol. The van der Waals surface area contributed by atoms with Gasteiger partial charge in [-0.15, -0.1) is 12.6 Å². The highest BCUT2D eigenvalue weighted by molar-refractivity contribution is 7.80. The van der Waals surface area contributed by atoms with Gasteiger partial charge in [0.15, 0.2) is 0 Å². The molecule has 0 unspecified atom stereocenters. The van der Waals surface area contributed by atoms with E-state index in [4.69, 9.17) is 0 Å². The Morgan fingerprint density at radius 2 is 0.792 bits per heavy atom. The lowest BCUT2D eigenvalue weighted by atomic mass is 10.1. The lowest BCUT2D eigenvalue weighted by Gasteiger charge is -1.94. The van der Waals surface area contributed by atoms with Gasteiger partial charge in [-0.25, -0.2) is 0 Å². The summed E-state index contributed by atoms with van der Waals surface area (Å²) >= 11 is 4.27. The molecule has 0 bridgehead atoms. The molecule has 3 aromatic rings. The number of benzene rings is 3. The summed E-state index contributed by atoms with van der Waals surface area (Å²) in [6.45, 7) is 2.07. The van der Waals surface area contributed by atoms with Gasteiger partial charge in [0.05, 0.1) is 0 Å². The third kappa shape index (κ3) is 4.56. The molecule has 114 valence electrons. The lowest BCUT2D eigenvalue weighted by Crippen LogP contribution is -1.79. The summed E-state index contributed by atoms with van der Waals surface area (Å²) in [6.07, 6.45) is 0. The van der Waals surface area contributed by atoms with Gasteiger partial charge in [-0.1, -0.05) is 41.4 Å². The highest BCUT2D eigenvalue weighted by atomic mass is 32.1. The first kappa shape index (κ1) is 16.0. The fourth-order valence-corrected chi connectivity index (χ4v) is 2.26. The molecule has 0 saturated heterocycles. The van der Waals surface area contributed by atoms with Crippen molar-refractivity contribution in [2.45, 2.75) is 11.8 Å². The molecule has 0 fully saturated rings. The average molecular weight is 324 g/mol. The van der Waals surface area contributed by atoms with Crippen LogP contribution in [0.2, 0.25) is 0 Å². The number of hydrogen-bond acceptors (Lipinski definition) is 1. The fraction of sp³-hybridized carbons (Fsp3) is 0.0435. The number of thiol groups is 1. The molecule has 0 heterocycles. The zero-order valence-electron chi connectivity index (χ0n) is 13.4. The van der Waals surface area contributed by atoms with Gasteiger partial charge in [-0.2, -0.15) is 0 Å². The van der Waals surface area contributed by atoms with E-state index in [2.05, 4.69) is 55.4 Å². The van der Waals surface area contributed by atoms with Crippen LogP contribution in [0.25, 0.3) is 0 Å². The normalized spacial score (nSPS) is 9.42. The van der Waals surface area contributed by atoms with Crippen LogP contribution in [0.15, 0.2) is 77.7 Å². The minimum Gasteiger partial charge on any atom is -0.143 e. The molecule has 0 aliphatic heterocycles. The van der Waals surface area contributed by atoms with Gasteiger partial charge in [0.25, 0.3) is 0 Å². The number of rotatable bonds is 0. The van der Waals surface area contributed by atoms with E-state index in [-0.39, 0.29) is 0 Å². The van der Waals surface area contributed by atoms with Crippen LogP contribution in [0.3, 0.4) is 0 Å². The summed E-state index contributed by atoms with van der Waals surface area (Å²) in [7, 11) is 0. The Kier molecular flexibility index (Phi) is 5.07. The maximum absolute atomic E-state index is 4.27. The van der Waals surface area contributed by atoms with Crippen LogP contribution in [-0.4, -0.2) is 0 Å². The molecule has 0 aliphatic rings. The van der Waals surface area contributed by atoms with E-state index in [1.54, 1.807) is 0 Å². The summed E-state index contributed by atoms with van der Waals surface area (Å²) in [5.41, 5.74) is 5.21. The van der Waals surface area contributed by atoms with Crippen LogP contribution in [0.5, 0.6) is 0 Å². The van der Waals surface area contributed by atoms with Crippen molar-refractivity contribution < 1.29 is 0 Å². The van der Waals surface area contributed by atoms with Gasteiger partial charge in [0.2, 0.25) is 0 Å². The van der Waals surface area contributed by atoms with Gasteiger partial charge in [-0.05, 0) is 67.6 Å². The summed E-state index contributed by atoms with van der Waals surface area (Å²) in [5.74, 6) is 12.7. The van der Waals surface area contributed by atoms with Crippen LogP contribution in [-0.2, 0) is 0 Å². The minimum absolute atomic E-state index is 0.942. The van der Waals surface area contributed by atoms with Gasteiger partial charge >= 0.3 is 0 Å². The van der Waals surface area contributed by atoms with Crippen molar-refractivity contribution in [1.29, 1.82) is 0 Å². The van der Waals surface area contributed by atoms with Crippen LogP contribution in [0.4, 0.5) is 0 Å². The van der Waals surface area contributed by atoms with Crippen LogP contribution in [0.1, 0.15) is 27.8 Å². The van der Waals surface area contributed by atoms with E-state index in [0.29, 0.717) is 0 Å². The van der Waals surface area contributed by atoms with Gasteiger partial charge < -0.3 is 0 Å². The van der Waals surface area contributed by atoms with E-state index in [1.165, 1.54) is 5.56 Å². The third-order valence-electron chi connectivity index (χ3n) is 3.51. The van der Waals surface area contributed by atoms with E-state index in [9.17, 15) is 0 Å². The molecule has 3 aromatic carbocycles. The Hall–Kier alpha value is -2.87. The van der Waals surface area contributed by atoms with E-state index >= 15 is 0 Å². The Balaban J connectivity index is 1.72. The molecule has 0 atom stereocenters. The summed E-state index contributed by atoms with van der Waals surface area (Å²) in [4.78, 5) is 0.942. The van der Waals surface area contributed by atoms with Crippen molar-refractivity contribution in [3.63, 3.8) is 0 Å². The Morgan fingerprint density at radius 1 is 0.500 bits per heavy atom. The fourth-order valence-electron chi connectivity index (χ4n) is 2.11. The molecule has 0 aromatic heterocycles. The average Bonchev–Trinajstić information content (AvgIpc) is 2.62. The molecular weight excluding hydrogens is 308 g/mol. The van der Waals surface area contributed by atoms with Crippen LogP contribution in [0, 0.1) is 30.6 Å². The zero-order valence-corrected chi connectivity index (χ0v) is 14.3. The zero-order chi connectivity index (χ0) is 16.8. The smallest absolute Gasteiger partial charge is 0.0249 e. The van der Waals surface area contributed by atoms with Crippen molar-refractivity contribution >= 4 is 12.6 Å². The molecule has 3 rings (SSSR count). The van der Waals surface area contributed by atoms with Crippen molar-refractivity contribution in [1.82, 2.24) is 0 Å². The van der Waals surface area contributed by atoms with E-state index < -0.39 is 0 Å². The maximum atomic E-state index is 4.27. The third-order valence-corrected chi connectivity index (χ3v) is 3.80. The second kappa shape index (κ2) is 7.60. The molecule has 0 N–H and O–H groups in total. The number of hydrogen-bond donors (Lipinski definition) is 1.